The van der Waals surface area contributed by atoms with Crippen molar-refractivity contribution in [2.75, 3.05) is 46.9 Å². The van der Waals surface area contributed by atoms with Gasteiger partial charge in [0.15, 0.2) is 0 Å². The van der Waals surface area contributed by atoms with E-state index in [9.17, 15) is 9.59 Å². The molecule has 3 aliphatic heterocycles. The molecule has 3 saturated heterocycles. The van der Waals surface area contributed by atoms with Crippen LogP contribution in [0.15, 0.2) is 30.3 Å². The van der Waals surface area contributed by atoms with Crippen molar-refractivity contribution in [1.29, 1.82) is 0 Å². The molecule has 4 rings (SSSR count). The number of likely N-dealkylation sites (N-methyl/N-ethyl adjacent to an activating group) is 1. The van der Waals surface area contributed by atoms with E-state index < -0.39 is 0 Å². The molecular formula is C20H29N3O3. The van der Waals surface area contributed by atoms with E-state index in [2.05, 4.69) is 4.90 Å². The summed E-state index contributed by atoms with van der Waals surface area (Å²) < 4.78 is 5.76. The van der Waals surface area contributed by atoms with Crippen LogP contribution >= 0.6 is 0 Å². The Morgan fingerprint density at radius 2 is 1.96 bits per heavy atom. The van der Waals surface area contributed by atoms with Crippen LogP contribution in [0.2, 0.25) is 0 Å². The predicted octanol–water partition coefficient (Wildman–Crippen LogP) is 1.47. The van der Waals surface area contributed by atoms with E-state index in [4.69, 9.17) is 4.74 Å². The number of nitrogens with zero attached hydrogens (tertiary/aromatic N) is 3. The molecule has 3 fully saturated rings. The van der Waals surface area contributed by atoms with Crippen LogP contribution in [0.3, 0.4) is 0 Å². The Hall–Kier alpha value is -2.08. The maximum atomic E-state index is 12.7. The Bertz CT molecular complexity index is 620. The molecule has 1 aromatic carbocycles. The van der Waals surface area contributed by atoms with Crippen molar-refractivity contribution < 1.29 is 14.3 Å². The minimum absolute atomic E-state index is 0.00582. The van der Waals surface area contributed by atoms with Crippen LogP contribution in [-0.4, -0.2) is 79.4 Å². The van der Waals surface area contributed by atoms with Crippen LogP contribution in [0.4, 0.5) is 0 Å². The number of para-hydroxylation sites is 1. The van der Waals surface area contributed by atoms with E-state index in [-0.39, 0.29) is 30.3 Å². The van der Waals surface area contributed by atoms with Crippen molar-refractivity contribution in [3.8, 4) is 5.75 Å². The Morgan fingerprint density at radius 1 is 1.19 bits per heavy atom. The first-order valence-corrected chi connectivity index (χ1v) is 9.45. The molecule has 2 atom stereocenters. The highest BCUT2D eigenvalue weighted by atomic mass is 16.5. The molecule has 0 aromatic heterocycles. The highest BCUT2D eigenvalue weighted by molar-refractivity contribution is 5.86. The molecule has 0 unspecified atom stereocenters. The number of rotatable bonds is 7. The summed E-state index contributed by atoms with van der Waals surface area (Å²) in [5.74, 6) is 1.07. The smallest absolute Gasteiger partial charge is 0.241 e. The molecule has 0 saturated carbocycles. The molecule has 26 heavy (non-hydrogen) atoms. The van der Waals surface area contributed by atoms with E-state index in [1.165, 1.54) is 0 Å². The number of carbonyl (C=O) groups excluding carboxylic acids is 2. The number of hydrogen-bond donors (Lipinski definition) is 0. The Kier molecular flexibility index (Phi) is 6.14. The lowest BCUT2D eigenvalue weighted by Crippen LogP contribution is -2.51. The molecule has 6 heteroatoms. The lowest BCUT2D eigenvalue weighted by Gasteiger charge is -2.36. The van der Waals surface area contributed by atoms with E-state index in [0.29, 0.717) is 6.61 Å². The van der Waals surface area contributed by atoms with Crippen molar-refractivity contribution in [3.63, 3.8) is 0 Å². The van der Waals surface area contributed by atoms with Gasteiger partial charge in [-0.15, -0.1) is 0 Å². The molecule has 2 bridgehead atoms. The normalized spacial score (nSPS) is 23.0. The first kappa shape index (κ1) is 18.7. The van der Waals surface area contributed by atoms with E-state index in [1.807, 2.05) is 35.2 Å². The van der Waals surface area contributed by atoms with Gasteiger partial charge in [0.25, 0.3) is 0 Å². The maximum Gasteiger partial charge on any atom is 0.241 e. The largest absolute Gasteiger partial charge is 0.494 e. The third-order valence-corrected chi connectivity index (χ3v) is 5.30. The Morgan fingerprint density at radius 3 is 2.69 bits per heavy atom. The van der Waals surface area contributed by atoms with Gasteiger partial charge in [0.1, 0.15) is 12.3 Å². The second-order valence-corrected chi connectivity index (χ2v) is 7.46. The van der Waals surface area contributed by atoms with Crippen LogP contribution in [0.25, 0.3) is 0 Å². The lowest BCUT2D eigenvalue weighted by molar-refractivity contribution is -0.145. The summed E-state index contributed by atoms with van der Waals surface area (Å²) >= 11 is 0. The predicted molar refractivity (Wildman–Crippen MR) is 99.9 cm³/mol. The van der Waals surface area contributed by atoms with E-state index in [0.717, 1.165) is 44.6 Å². The van der Waals surface area contributed by atoms with Gasteiger partial charge in [0, 0.05) is 39.8 Å². The second-order valence-electron chi connectivity index (χ2n) is 7.46. The molecule has 0 aliphatic carbocycles. The fourth-order valence-electron chi connectivity index (χ4n) is 3.80. The summed E-state index contributed by atoms with van der Waals surface area (Å²) in [6.45, 7) is 3.45. The van der Waals surface area contributed by atoms with Crippen LogP contribution in [0, 0.1) is 5.92 Å². The molecule has 0 N–H and O–H groups in total. The zero-order chi connectivity index (χ0) is 18.5. The first-order valence-electron chi connectivity index (χ1n) is 9.45. The number of fused-ring (bicyclic) bond motifs is 4. The van der Waals surface area contributed by atoms with Gasteiger partial charge in [0.2, 0.25) is 11.8 Å². The van der Waals surface area contributed by atoms with Gasteiger partial charge in [-0.2, -0.15) is 0 Å². The van der Waals surface area contributed by atoms with Crippen molar-refractivity contribution in [2.24, 2.45) is 5.92 Å². The molecule has 3 heterocycles. The number of piperidine rings is 1. The number of benzene rings is 1. The standard InChI is InChI=1S/C20H29N3O3/c1-21(2)19(24)15-23-17-10-9-16(20(23)25)13-22(14-17)11-6-12-26-18-7-4-3-5-8-18/h3-5,7-8,16-17H,6,9-15H2,1-2H3/t16-,17+/m1/s1. The first-order chi connectivity index (χ1) is 12.5. The van der Waals surface area contributed by atoms with Crippen molar-refractivity contribution in [1.82, 2.24) is 14.7 Å². The fourth-order valence-corrected chi connectivity index (χ4v) is 3.80. The van der Waals surface area contributed by atoms with Gasteiger partial charge in [-0.05, 0) is 31.4 Å². The van der Waals surface area contributed by atoms with Crippen LogP contribution in [0.1, 0.15) is 19.3 Å². The fraction of sp³-hybridized carbons (Fsp3) is 0.600. The molecule has 2 amide bonds. The molecule has 6 nitrogen and oxygen atoms in total. The van der Waals surface area contributed by atoms with Gasteiger partial charge in [-0.3, -0.25) is 9.59 Å². The molecule has 1 aromatic rings. The average molecular weight is 359 g/mol. The monoisotopic (exact) mass is 359 g/mol. The highest BCUT2D eigenvalue weighted by Crippen LogP contribution is 2.29. The summed E-state index contributed by atoms with van der Waals surface area (Å²) in [7, 11) is 3.48. The number of hydrogen-bond acceptors (Lipinski definition) is 4. The summed E-state index contributed by atoms with van der Waals surface area (Å²) in [6.07, 6.45) is 2.86. The molecule has 0 radical (unpaired) electrons. The SMILES string of the molecule is CN(C)C(=O)CN1C(=O)[C@@H]2CC[C@H]1CN(CCCOc1ccccc1)C2. The average Bonchev–Trinajstić information content (AvgIpc) is 2.91. The van der Waals surface area contributed by atoms with Gasteiger partial charge >= 0.3 is 0 Å². The number of ether oxygens (including phenoxy) is 1. The molecule has 142 valence electrons. The lowest BCUT2D eigenvalue weighted by atomic mass is 9.94. The quantitative estimate of drug-likeness (QED) is 0.692. The Balaban J connectivity index is 1.50. The van der Waals surface area contributed by atoms with Gasteiger partial charge < -0.3 is 19.4 Å². The zero-order valence-electron chi connectivity index (χ0n) is 15.8. The van der Waals surface area contributed by atoms with Crippen molar-refractivity contribution in [2.45, 2.75) is 25.3 Å². The molecular weight excluding hydrogens is 330 g/mol. The third kappa shape index (κ3) is 4.55. The Labute approximate surface area is 155 Å². The summed E-state index contributed by atoms with van der Waals surface area (Å²) in [6, 6.07) is 9.99. The van der Waals surface area contributed by atoms with Gasteiger partial charge in [0.05, 0.1) is 12.5 Å². The van der Waals surface area contributed by atoms with Crippen LogP contribution < -0.4 is 4.74 Å². The summed E-state index contributed by atoms with van der Waals surface area (Å²) in [5.41, 5.74) is 0. The van der Waals surface area contributed by atoms with Crippen molar-refractivity contribution in [3.05, 3.63) is 30.3 Å². The van der Waals surface area contributed by atoms with Crippen LogP contribution in [-0.2, 0) is 9.59 Å². The second kappa shape index (κ2) is 8.54. The van der Waals surface area contributed by atoms with Gasteiger partial charge in [-0.1, -0.05) is 18.2 Å². The summed E-state index contributed by atoms with van der Waals surface area (Å²) in [4.78, 5) is 30.5. The van der Waals surface area contributed by atoms with Crippen molar-refractivity contribution >= 4 is 11.8 Å². The van der Waals surface area contributed by atoms with Crippen LogP contribution in [0.5, 0.6) is 5.75 Å². The maximum absolute atomic E-state index is 12.7. The third-order valence-electron chi connectivity index (χ3n) is 5.30. The minimum atomic E-state index is -0.00582. The molecule has 0 spiro atoms. The zero-order valence-corrected chi connectivity index (χ0v) is 15.8. The topological polar surface area (TPSA) is 53.1 Å². The van der Waals surface area contributed by atoms with Gasteiger partial charge in [-0.25, -0.2) is 0 Å². The molecule has 3 aliphatic rings. The summed E-state index contributed by atoms with van der Waals surface area (Å²) in [5, 5.41) is 0. The number of carbonyl (C=O) groups is 2. The number of amides is 2. The highest BCUT2D eigenvalue weighted by Gasteiger charge is 2.41. The van der Waals surface area contributed by atoms with E-state index in [1.54, 1.807) is 19.0 Å². The minimum Gasteiger partial charge on any atom is -0.494 e. The van der Waals surface area contributed by atoms with E-state index >= 15 is 0 Å².